The predicted octanol–water partition coefficient (Wildman–Crippen LogP) is 3.82. The minimum absolute atomic E-state index is 0.0419. The van der Waals surface area contributed by atoms with Gasteiger partial charge in [0.05, 0.1) is 11.4 Å². The van der Waals surface area contributed by atoms with Crippen LogP contribution in [0.15, 0.2) is 22.7 Å². The van der Waals surface area contributed by atoms with Crippen molar-refractivity contribution in [3.63, 3.8) is 0 Å². The first-order chi connectivity index (χ1) is 7.34. The van der Waals surface area contributed by atoms with E-state index in [0.717, 1.165) is 6.07 Å². The van der Waals surface area contributed by atoms with Gasteiger partial charge in [-0.25, -0.2) is 0 Å². The van der Waals surface area contributed by atoms with E-state index < -0.39 is 11.7 Å². The van der Waals surface area contributed by atoms with Gasteiger partial charge in [0.1, 0.15) is 0 Å². The van der Waals surface area contributed by atoms with Crippen molar-refractivity contribution in [3.05, 3.63) is 33.8 Å². The molecular weight excluding hydrogens is 308 g/mol. The van der Waals surface area contributed by atoms with Crippen molar-refractivity contribution >= 4 is 33.3 Å². The van der Waals surface area contributed by atoms with Crippen LogP contribution in [0.4, 0.5) is 13.2 Å². The normalized spacial score (nSPS) is 11.6. The van der Waals surface area contributed by atoms with Crippen molar-refractivity contribution in [1.82, 2.24) is 0 Å². The van der Waals surface area contributed by atoms with Crippen LogP contribution in [0.5, 0.6) is 0 Å². The number of Topliss-reactive ketones (excluding diaryl/α,β-unsaturated/α-hetero) is 1. The fraction of sp³-hybridized carbons (Fsp3) is 0.300. The van der Waals surface area contributed by atoms with Gasteiger partial charge in [0, 0.05) is 10.9 Å². The summed E-state index contributed by atoms with van der Waals surface area (Å²) in [6.45, 7) is 0. The lowest BCUT2D eigenvalue weighted by molar-refractivity contribution is -0.138. The van der Waals surface area contributed by atoms with E-state index in [2.05, 4.69) is 15.9 Å². The molecule has 0 heterocycles. The molecule has 0 bridgehead atoms. The molecule has 0 aliphatic rings. The molecule has 6 heteroatoms. The van der Waals surface area contributed by atoms with Crippen molar-refractivity contribution in [1.29, 1.82) is 0 Å². The fourth-order valence-electron chi connectivity index (χ4n) is 1.17. The molecule has 0 aliphatic heterocycles. The van der Waals surface area contributed by atoms with E-state index in [1.807, 2.05) is 0 Å². The zero-order valence-electron chi connectivity index (χ0n) is 7.94. The van der Waals surface area contributed by atoms with Crippen LogP contribution in [0.2, 0.25) is 0 Å². The zero-order chi connectivity index (χ0) is 12.3. The second-order valence-electron chi connectivity index (χ2n) is 3.16. The molecule has 1 aromatic carbocycles. The van der Waals surface area contributed by atoms with Gasteiger partial charge in [0.25, 0.3) is 0 Å². The van der Waals surface area contributed by atoms with Crippen molar-refractivity contribution in [2.24, 2.45) is 0 Å². The Kier molecular flexibility index (Phi) is 4.38. The van der Waals surface area contributed by atoms with Crippen LogP contribution in [0.1, 0.15) is 11.1 Å². The van der Waals surface area contributed by atoms with E-state index in [4.69, 9.17) is 11.6 Å². The Balaban J connectivity index is 2.96. The summed E-state index contributed by atoms with van der Waals surface area (Å²) in [5, 5.41) is 0. The highest BCUT2D eigenvalue weighted by atomic mass is 79.9. The number of carbonyl (C=O) groups excluding carboxylic acids is 1. The summed E-state index contributed by atoms with van der Waals surface area (Å²) in [7, 11) is 0. The molecule has 1 rings (SSSR count). The minimum atomic E-state index is -4.39. The third-order valence-electron chi connectivity index (χ3n) is 1.89. The van der Waals surface area contributed by atoms with Gasteiger partial charge in [0.15, 0.2) is 5.78 Å². The Morgan fingerprint density at radius 1 is 1.38 bits per heavy atom. The molecule has 0 saturated heterocycles. The molecule has 0 radical (unpaired) electrons. The van der Waals surface area contributed by atoms with E-state index in [1.54, 1.807) is 0 Å². The van der Waals surface area contributed by atoms with E-state index in [0.29, 0.717) is 5.56 Å². The SMILES string of the molecule is O=C(CCl)Cc1ccc(C(F)(F)F)c(Br)c1. The van der Waals surface area contributed by atoms with E-state index in [1.165, 1.54) is 12.1 Å². The Labute approximate surface area is 104 Å². The maximum atomic E-state index is 12.4. The van der Waals surface area contributed by atoms with Gasteiger partial charge in [0.2, 0.25) is 0 Å². The van der Waals surface area contributed by atoms with Gasteiger partial charge in [-0.3, -0.25) is 4.79 Å². The van der Waals surface area contributed by atoms with E-state index >= 15 is 0 Å². The number of rotatable bonds is 3. The lowest BCUT2D eigenvalue weighted by Gasteiger charge is -2.10. The summed E-state index contributed by atoms with van der Waals surface area (Å²) >= 11 is 8.13. The van der Waals surface area contributed by atoms with Crippen LogP contribution in [0.25, 0.3) is 0 Å². The number of benzene rings is 1. The fourth-order valence-corrected chi connectivity index (χ4v) is 1.92. The van der Waals surface area contributed by atoms with Crippen molar-refractivity contribution in [3.8, 4) is 0 Å². The standard InChI is InChI=1S/C10H7BrClF3O/c11-9-4-6(3-7(16)5-12)1-2-8(9)10(13,14)15/h1-2,4H,3,5H2. The van der Waals surface area contributed by atoms with Crippen LogP contribution in [0, 0.1) is 0 Å². The number of hydrogen-bond donors (Lipinski definition) is 0. The molecular formula is C10H7BrClF3O. The quantitative estimate of drug-likeness (QED) is 0.775. The summed E-state index contributed by atoms with van der Waals surface area (Å²) in [5.41, 5.74) is -0.250. The van der Waals surface area contributed by atoms with E-state index in [-0.39, 0.29) is 22.6 Å². The summed E-state index contributed by atoms with van der Waals surface area (Å²) in [6.07, 6.45) is -4.35. The molecule has 0 atom stereocenters. The lowest BCUT2D eigenvalue weighted by atomic mass is 10.1. The van der Waals surface area contributed by atoms with Crippen LogP contribution >= 0.6 is 27.5 Å². The number of ketones is 1. The number of carbonyl (C=O) groups is 1. The molecule has 0 unspecified atom stereocenters. The molecule has 1 aromatic rings. The molecule has 0 amide bonds. The summed E-state index contributed by atoms with van der Waals surface area (Å²) in [4.78, 5) is 11.0. The molecule has 0 fully saturated rings. The first-order valence-corrected chi connectivity index (χ1v) is 5.60. The highest BCUT2D eigenvalue weighted by Gasteiger charge is 2.32. The minimum Gasteiger partial charge on any atom is -0.298 e. The van der Waals surface area contributed by atoms with Gasteiger partial charge in [-0.2, -0.15) is 13.2 Å². The molecule has 0 aromatic heterocycles. The lowest BCUT2D eigenvalue weighted by Crippen LogP contribution is -2.08. The molecule has 88 valence electrons. The summed E-state index contributed by atoms with van der Waals surface area (Å²) in [6, 6.07) is 3.51. The monoisotopic (exact) mass is 314 g/mol. The summed E-state index contributed by atoms with van der Waals surface area (Å²) < 4.78 is 37.1. The molecule has 0 aliphatic carbocycles. The maximum Gasteiger partial charge on any atom is 0.417 e. The first kappa shape index (κ1) is 13.5. The van der Waals surface area contributed by atoms with Gasteiger partial charge in [-0.05, 0) is 17.7 Å². The molecule has 16 heavy (non-hydrogen) atoms. The van der Waals surface area contributed by atoms with Gasteiger partial charge in [-0.1, -0.05) is 22.0 Å². The third kappa shape index (κ3) is 3.49. The second kappa shape index (κ2) is 5.19. The van der Waals surface area contributed by atoms with Crippen LogP contribution in [0.3, 0.4) is 0 Å². The van der Waals surface area contributed by atoms with Crippen LogP contribution in [-0.2, 0) is 17.4 Å². The molecule has 0 N–H and O–H groups in total. The number of alkyl halides is 4. The smallest absolute Gasteiger partial charge is 0.298 e. The van der Waals surface area contributed by atoms with Crippen LogP contribution < -0.4 is 0 Å². The average Bonchev–Trinajstić information content (AvgIpc) is 2.15. The Morgan fingerprint density at radius 2 is 2.00 bits per heavy atom. The maximum absolute atomic E-state index is 12.4. The van der Waals surface area contributed by atoms with Crippen LogP contribution in [-0.4, -0.2) is 11.7 Å². The number of hydrogen-bond acceptors (Lipinski definition) is 1. The molecule has 1 nitrogen and oxygen atoms in total. The van der Waals surface area contributed by atoms with Crippen molar-refractivity contribution in [2.75, 3.05) is 5.88 Å². The second-order valence-corrected chi connectivity index (χ2v) is 4.28. The highest BCUT2D eigenvalue weighted by Crippen LogP contribution is 2.35. The average molecular weight is 316 g/mol. The van der Waals surface area contributed by atoms with Gasteiger partial charge < -0.3 is 0 Å². The third-order valence-corrected chi connectivity index (χ3v) is 2.84. The Morgan fingerprint density at radius 3 is 2.44 bits per heavy atom. The Bertz CT molecular complexity index is 404. The topological polar surface area (TPSA) is 17.1 Å². The Hall–Kier alpha value is -0.550. The highest BCUT2D eigenvalue weighted by molar-refractivity contribution is 9.10. The largest absolute Gasteiger partial charge is 0.417 e. The first-order valence-electron chi connectivity index (χ1n) is 4.28. The predicted molar refractivity (Wildman–Crippen MR) is 58.6 cm³/mol. The summed E-state index contributed by atoms with van der Waals surface area (Å²) in [5.74, 6) is -0.369. The number of halogens is 5. The van der Waals surface area contributed by atoms with Gasteiger partial charge in [-0.15, -0.1) is 11.6 Å². The zero-order valence-corrected chi connectivity index (χ0v) is 10.3. The molecule has 0 spiro atoms. The molecule has 0 saturated carbocycles. The van der Waals surface area contributed by atoms with E-state index in [9.17, 15) is 18.0 Å². The van der Waals surface area contributed by atoms with Crippen molar-refractivity contribution in [2.45, 2.75) is 12.6 Å². The van der Waals surface area contributed by atoms with Crippen molar-refractivity contribution < 1.29 is 18.0 Å². The van der Waals surface area contributed by atoms with Gasteiger partial charge >= 0.3 is 6.18 Å².